The van der Waals surface area contributed by atoms with E-state index in [0.29, 0.717) is 16.3 Å². The topological polar surface area (TPSA) is 66.8 Å². The first-order valence-electron chi connectivity index (χ1n) is 4.22. The Bertz CT molecular complexity index is 389. The summed E-state index contributed by atoms with van der Waals surface area (Å²) < 4.78 is 4.93. The molecule has 0 fully saturated rings. The van der Waals surface area contributed by atoms with E-state index in [1.54, 1.807) is 13.0 Å². The van der Waals surface area contributed by atoms with Crippen molar-refractivity contribution in [3.8, 4) is 5.75 Å². The zero-order valence-corrected chi connectivity index (χ0v) is 9.08. The molecule has 0 radical (unpaired) electrons. The van der Waals surface area contributed by atoms with Gasteiger partial charge in [-0.05, 0) is 30.2 Å². The Morgan fingerprint density at radius 3 is 2.60 bits per heavy atom. The van der Waals surface area contributed by atoms with Gasteiger partial charge in [-0.15, -0.1) is 0 Å². The smallest absolute Gasteiger partial charge is 0.337 e. The van der Waals surface area contributed by atoms with Crippen molar-refractivity contribution in [2.24, 2.45) is 0 Å². The number of aliphatic hydroxyl groups excluding tert-OH is 1. The summed E-state index contributed by atoms with van der Waals surface area (Å²) in [4.78, 5) is 10.6. The van der Waals surface area contributed by atoms with Crippen molar-refractivity contribution in [1.82, 2.24) is 0 Å². The number of aliphatic carboxylic acids is 1. The van der Waals surface area contributed by atoms with Crippen LogP contribution in [-0.2, 0) is 4.79 Å². The Labute approximate surface area is 92.1 Å². The Morgan fingerprint density at radius 1 is 1.53 bits per heavy atom. The summed E-state index contributed by atoms with van der Waals surface area (Å²) >= 11 is 5.86. The van der Waals surface area contributed by atoms with Crippen LogP contribution in [0.3, 0.4) is 0 Å². The second kappa shape index (κ2) is 4.51. The monoisotopic (exact) mass is 230 g/mol. The molecular formula is C10H11ClO4. The van der Waals surface area contributed by atoms with Gasteiger partial charge in [-0.25, -0.2) is 4.79 Å². The molecule has 1 atom stereocenters. The van der Waals surface area contributed by atoms with E-state index >= 15 is 0 Å². The lowest BCUT2D eigenvalue weighted by molar-refractivity contribution is -0.147. The fraction of sp³-hybridized carbons (Fsp3) is 0.300. The molecule has 2 N–H and O–H groups in total. The molecule has 0 spiro atoms. The van der Waals surface area contributed by atoms with E-state index in [1.165, 1.54) is 13.2 Å². The molecule has 82 valence electrons. The maximum absolute atomic E-state index is 10.6. The molecule has 15 heavy (non-hydrogen) atoms. The molecule has 0 aliphatic rings. The van der Waals surface area contributed by atoms with E-state index in [-0.39, 0.29) is 5.56 Å². The van der Waals surface area contributed by atoms with Crippen LogP contribution in [0.25, 0.3) is 0 Å². The largest absolute Gasteiger partial charge is 0.497 e. The Balaban J connectivity index is 3.27. The minimum Gasteiger partial charge on any atom is -0.497 e. The molecule has 0 aromatic heterocycles. The number of ether oxygens (including phenoxy) is 1. The number of hydrogen-bond acceptors (Lipinski definition) is 3. The average molecular weight is 231 g/mol. The van der Waals surface area contributed by atoms with Gasteiger partial charge in [0.25, 0.3) is 0 Å². The van der Waals surface area contributed by atoms with Crippen molar-refractivity contribution in [3.05, 3.63) is 28.3 Å². The van der Waals surface area contributed by atoms with Crippen LogP contribution in [-0.4, -0.2) is 23.3 Å². The van der Waals surface area contributed by atoms with E-state index < -0.39 is 12.1 Å². The number of carboxylic acid groups (broad SMARTS) is 1. The maximum atomic E-state index is 10.6. The molecule has 0 amide bonds. The predicted molar refractivity (Wildman–Crippen MR) is 55.3 cm³/mol. The number of methoxy groups -OCH3 is 1. The third kappa shape index (κ3) is 2.40. The number of halogens is 1. The minimum atomic E-state index is -1.59. The first kappa shape index (κ1) is 11.8. The SMILES string of the molecule is COc1cc(Cl)c(C)c(C(O)C(=O)O)c1. The van der Waals surface area contributed by atoms with Crippen molar-refractivity contribution in [2.45, 2.75) is 13.0 Å². The summed E-state index contributed by atoms with van der Waals surface area (Å²) in [5.41, 5.74) is 0.777. The second-order valence-corrected chi connectivity index (χ2v) is 3.47. The molecule has 5 heteroatoms. The van der Waals surface area contributed by atoms with E-state index in [9.17, 15) is 9.90 Å². The maximum Gasteiger partial charge on any atom is 0.337 e. The third-order valence-electron chi connectivity index (χ3n) is 2.12. The Hall–Kier alpha value is -1.26. The molecule has 0 heterocycles. The lowest BCUT2D eigenvalue weighted by Crippen LogP contribution is -2.12. The van der Waals surface area contributed by atoms with Gasteiger partial charge >= 0.3 is 5.97 Å². The van der Waals surface area contributed by atoms with Crippen LogP contribution in [0.4, 0.5) is 0 Å². The zero-order valence-electron chi connectivity index (χ0n) is 8.32. The van der Waals surface area contributed by atoms with Crippen molar-refractivity contribution in [1.29, 1.82) is 0 Å². The van der Waals surface area contributed by atoms with Crippen LogP contribution >= 0.6 is 11.6 Å². The molecule has 0 aliphatic heterocycles. The highest BCUT2D eigenvalue weighted by Gasteiger charge is 2.20. The summed E-state index contributed by atoms with van der Waals surface area (Å²) in [5.74, 6) is -0.900. The van der Waals surface area contributed by atoms with Gasteiger partial charge in [0.15, 0.2) is 6.10 Å². The molecule has 4 nitrogen and oxygen atoms in total. The molecular weight excluding hydrogens is 220 g/mol. The fourth-order valence-corrected chi connectivity index (χ4v) is 1.43. The number of rotatable bonds is 3. The number of hydrogen-bond donors (Lipinski definition) is 2. The van der Waals surface area contributed by atoms with Gasteiger partial charge in [0.2, 0.25) is 0 Å². The fourth-order valence-electron chi connectivity index (χ4n) is 1.21. The van der Waals surface area contributed by atoms with Crippen molar-refractivity contribution in [2.75, 3.05) is 7.11 Å². The summed E-state index contributed by atoms with van der Waals surface area (Å²) in [6.07, 6.45) is -1.59. The highest BCUT2D eigenvalue weighted by molar-refractivity contribution is 6.31. The van der Waals surface area contributed by atoms with E-state index in [2.05, 4.69) is 0 Å². The molecule has 0 aliphatic carbocycles. The van der Waals surface area contributed by atoms with Crippen LogP contribution in [0.5, 0.6) is 5.75 Å². The first-order valence-corrected chi connectivity index (χ1v) is 4.60. The van der Waals surface area contributed by atoms with Crippen LogP contribution in [0.1, 0.15) is 17.2 Å². The highest BCUT2D eigenvalue weighted by Crippen LogP contribution is 2.29. The summed E-state index contributed by atoms with van der Waals surface area (Å²) in [5, 5.41) is 18.5. The van der Waals surface area contributed by atoms with Gasteiger partial charge in [-0.1, -0.05) is 11.6 Å². The zero-order chi connectivity index (χ0) is 11.6. The normalized spacial score (nSPS) is 12.3. The highest BCUT2D eigenvalue weighted by atomic mass is 35.5. The van der Waals surface area contributed by atoms with E-state index in [1.807, 2.05) is 0 Å². The number of carboxylic acids is 1. The van der Waals surface area contributed by atoms with Crippen LogP contribution in [0.2, 0.25) is 5.02 Å². The molecule has 1 aromatic carbocycles. The number of carbonyl (C=O) groups is 1. The van der Waals surface area contributed by atoms with E-state index in [4.69, 9.17) is 21.4 Å². The quantitative estimate of drug-likeness (QED) is 0.831. The molecule has 0 bridgehead atoms. The van der Waals surface area contributed by atoms with Crippen LogP contribution in [0, 0.1) is 6.92 Å². The van der Waals surface area contributed by atoms with Gasteiger partial charge in [-0.3, -0.25) is 0 Å². The van der Waals surface area contributed by atoms with Gasteiger partial charge in [0.1, 0.15) is 5.75 Å². The average Bonchev–Trinajstić information content (AvgIpc) is 2.20. The number of aliphatic hydroxyl groups is 1. The van der Waals surface area contributed by atoms with Crippen molar-refractivity contribution in [3.63, 3.8) is 0 Å². The molecule has 0 saturated heterocycles. The van der Waals surface area contributed by atoms with Gasteiger partial charge in [-0.2, -0.15) is 0 Å². The summed E-state index contributed by atoms with van der Waals surface area (Å²) in [6, 6.07) is 3.02. The third-order valence-corrected chi connectivity index (χ3v) is 2.51. The summed E-state index contributed by atoms with van der Waals surface area (Å²) in [6.45, 7) is 1.64. The first-order chi connectivity index (χ1) is 6.97. The molecule has 0 saturated carbocycles. The summed E-state index contributed by atoms with van der Waals surface area (Å²) in [7, 11) is 1.44. The lowest BCUT2D eigenvalue weighted by Gasteiger charge is -2.12. The molecule has 1 aromatic rings. The van der Waals surface area contributed by atoms with Gasteiger partial charge in [0, 0.05) is 5.02 Å². The van der Waals surface area contributed by atoms with E-state index in [0.717, 1.165) is 0 Å². The van der Waals surface area contributed by atoms with Crippen molar-refractivity contribution < 1.29 is 19.7 Å². The van der Waals surface area contributed by atoms with Crippen LogP contribution in [0.15, 0.2) is 12.1 Å². The van der Waals surface area contributed by atoms with Crippen molar-refractivity contribution >= 4 is 17.6 Å². The minimum absolute atomic E-state index is 0.242. The standard InChI is InChI=1S/C10H11ClO4/c1-5-7(9(12)10(13)14)3-6(15-2)4-8(5)11/h3-4,9,12H,1-2H3,(H,13,14). The Kier molecular flexibility index (Phi) is 3.55. The van der Waals surface area contributed by atoms with Crippen LogP contribution < -0.4 is 4.74 Å². The Morgan fingerprint density at radius 2 is 2.13 bits per heavy atom. The predicted octanol–water partition coefficient (Wildman–Crippen LogP) is 1.78. The second-order valence-electron chi connectivity index (χ2n) is 3.06. The lowest BCUT2D eigenvalue weighted by atomic mass is 10.0. The molecule has 1 rings (SSSR count). The van der Waals surface area contributed by atoms with Gasteiger partial charge in [0.05, 0.1) is 7.11 Å². The molecule has 1 unspecified atom stereocenters. The van der Waals surface area contributed by atoms with Gasteiger partial charge < -0.3 is 14.9 Å². The number of benzene rings is 1.